The van der Waals surface area contributed by atoms with Gasteiger partial charge in [0.2, 0.25) is 5.89 Å². The molecule has 0 atom stereocenters. The van der Waals surface area contributed by atoms with Crippen molar-refractivity contribution in [1.82, 2.24) is 4.98 Å². The molecule has 1 aromatic carbocycles. The number of aromatic carboxylic acids is 1. The van der Waals surface area contributed by atoms with Crippen molar-refractivity contribution in [1.29, 1.82) is 0 Å². The lowest BCUT2D eigenvalue weighted by Crippen LogP contribution is -2.18. The van der Waals surface area contributed by atoms with Crippen molar-refractivity contribution in [2.75, 3.05) is 0 Å². The van der Waals surface area contributed by atoms with E-state index in [2.05, 4.69) is 9.72 Å². The summed E-state index contributed by atoms with van der Waals surface area (Å²) in [6.07, 6.45) is -2.68. The molecular weight excluding hydrogens is 303 g/mol. The summed E-state index contributed by atoms with van der Waals surface area (Å²) in [5.74, 6) is -2.38. The molecule has 0 aliphatic carbocycles. The van der Waals surface area contributed by atoms with E-state index in [1.165, 1.54) is 6.20 Å². The minimum atomic E-state index is -4.96. The SMILES string of the molecule is O=C(O)c1ccc(OC(F)(F)F)c(-c2ncco2)c1Cl. The van der Waals surface area contributed by atoms with Gasteiger partial charge in [-0.25, -0.2) is 9.78 Å². The van der Waals surface area contributed by atoms with Crippen molar-refractivity contribution in [3.05, 3.63) is 35.2 Å². The molecule has 0 spiro atoms. The summed E-state index contributed by atoms with van der Waals surface area (Å²) in [6.45, 7) is 0. The number of halogens is 4. The van der Waals surface area contributed by atoms with Crippen LogP contribution in [0.15, 0.2) is 29.0 Å². The lowest BCUT2D eigenvalue weighted by Gasteiger charge is -2.13. The van der Waals surface area contributed by atoms with Crippen molar-refractivity contribution in [2.45, 2.75) is 6.36 Å². The third kappa shape index (κ3) is 2.85. The summed E-state index contributed by atoms with van der Waals surface area (Å²) < 4.78 is 45.6. The van der Waals surface area contributed by atoms with Crippen LogP contribution in [0.25, 0.3) is 11.5 Å². The lowest BCUT2D eigenvalue weighted by atomic mass is 10.1. The minimum absolute atomic E-state index is 0.280. The first-order chi connectivity index (χ1) is 9.29. The summed E-state index contributed by atoms with van der Waals surface area (Å²) in [7, 11) is 0. The molecular formula is C11H5ClF3NO4. The highest BCUT2D eigenvalue weighted by molar-refractivity contribution is 6.36. The van der Waals surface area contributed by atoms with Gasteiger partial charge in [-0.05, 0) is 12.1 Å². The van der Waals surface area contributed by atoms with Crippen LogP contribution in [0.1, 0.15) is 10.4 Å². The van der Waals surface area contributed by atoms with E-state index in [0.717, 1.165) is 18.4 Å². The molecule has 0 aliphatic rings. The normalized spacial score (nSPS) is 11.4. The molecule has 0 bridgehead atoms. The molecule has 0 fully saturated rings. The Bertz CT molecular complexity index is 640. The average Bonchev–Trinajstić information content (AvgIpc) is 2.79. The van der Waals surface area contributed by atoms with Crippen LogP contribution in [0.2, 0.25) is 5.02 Å². The number of oxazole rings is 1. The molecule has 0 saturated heterocycles. The Morgan fingerprint density at radius 3 is 2.60 bits per heavy atom. The van der Waals surface area contributed by atoms with E-state index >= 15 is 0 Å². The zero-order chi connectivity index (χ0) is 14.9. The number of hydrogen-bond donors (Lipinski definition) is 1. The third-order valence-corrected chi connectivity index (χ3v) is 2.60. The molecule has 0 amide bonds. The average molecular weight is 308 g/mol. The molecule has 9 heteroatoms. The van der Waals surface area contributed by atoms with Gasteiger partial charge in [0.1, 0.15) is 12.0 Å². The first kappa shape index (κ1) is 14.2. The van der Waals surface area contributed by atoms with Gasteiger partial charge >= 0.3 is 12.3 Å². The van der Waals surface area contributed by atoms with Gasteiger partial charge in [-0.2, -0.15) is 0 Å². The van der Waals surface area contributed by atoms with E-state index in [9.17, 15) is 18.0 Å². The Hall–Kier alpha value is -2.22. The Morgan fingerprint density at radius 2 is 2.10 bits per heavy atom. The van der Waals surface area contributed by atoms with Gasteiger partial charge in [0.05, 0.1) is 22.3 Å². The van der Waals surface area contributed by atoms with Crippen LogP contribution in [0, 0.1) is 0 Å². The van der Waals surface area contributed by atoms with E-state index in [4.69, 9.17) is 21.1 Å². The molecule has 0 unspecified atom stereocenters. The Balaban J connectivity index is 2.64. The van der Waals surface area contributed by atoms with Crippen LogP contribution < -0.4 is 4.74 Å². The number of nitrogens with zero attached hydrogens (tertiary/aromatic N) is 1. The molecule has 2 rings (SSSR count). The highest BCUT2D eigenvalue weighted by atomic mass is 35.5. The fraction of sp³-hybridized carbons (Fsp3) is 0.0909. The second-order valence-corrected chi connectivity index (χ2v) is 3.87. The third-order valence-electron chi connectivity index (χ3n) is 2.21. The van der Waals surface area contributed by atoms with Gasteiger partial charge in [-0.3, -0.25) is 0 Å². The molecule has 0 saturated carbocycles. The summed E-state index contributed by atoms with van der Waals surface area (Å²) in [4.78, 5) is 14.6. The van der Waals surface area contributed by atoms with Gasteiger partial charge < -0.3 is 14.3 Å². The zero-order valence-electron chi connectivity index (χ0n) is 9.44. The maximum atomic E-state index is 12.3. The Labute approximate surface area is 114 Å². The first-order valence-electron chi connectivity index (χ1n) is 5.01. The molecule has 1 N–H and O–H groups in total. The number of carbonyl (C=O) groups is 1. The molecule has 1 heterocycles. The maximum absolute atomic E-state index is 12.3. The summed E-state index contributed by atoms with van der Waals surface area (Å²) in [5.41, 5.74) is -0.775. The Morgan fingerprint density at radius 1 is 1.40 bits per heavy atom. The van der Waals surface area contributed by atoms with E-state index < -0.39 is 28.7 Å². The van der Waals surface area contributed by atoms with Crippen molar-refractivity contribution in [3.8, 4) is 17.2 Å². The number of carboxylic acids is 1. The topological polar surface area (TPSA) is 72.6 Å². The molecule has 0 radical (unpaired) electrons. The van der Waals surface area contributed by atoms with Crippen LogP contribution >= 0.6 is 11.6 Å². The quantitative estimate of drug-likeness (QED) is 0.938. The largest absolute Gasteiger partial charge is 0.573 e. The van der Waals surface area contributed by atoms with Crippen LogP contribution in [-0.2, 0) is 0 Å². The van der Waals surface area contributed by atoms with Crippen molar-refractivity contribution < 1.29 is 32.2 Å². The van der Waals surface area contributed by atoms with Gasteiger partial charge in [0, 0.05) is 0 Å². The molecule has 20 heavy (non-hydrogen) atoms. The van der Waals surface area contributed by atoms with Crippen molar-refractivity contribution >= 4 is 17.6 Å². The highest BCUT2D eigenvalue weighted by Crippen LogP contribution is 2.40. The van der Waals surface area contributed by atoms with Gasteiger partial charge in [0.15, 0.2) is 0 Å². The van der Waals surface area contributed by atoms with Crippen LogP contribution in [0.5, 0.6) is 5.75 Å². The van der Waals surface area contributed by atoms with E-state index in [1.54, 1.807) is 0 Å². The van der Waals surface area contributed by atoms with Gasteiger partial charge in [-0.1, -0.05) is 11.6 Å². The summed E-state index contributed by atoms with van der Waals surface area (Å²) >= 11 is 5.80. The lowest BCUT2D eigenvalue weighted by molar-refractivity contribution is -0.274. The predicted molar refractivity (Wildman–Crippen MR) is 60.6 cm³/mol. The number of ether oxygens (including phenoxy) is 1. The second kappa shape index (κ2) is 5.04. The molecule has 2 aromatic rings. The van der Waals surface area contributed by atoms with E-state index in [1.807, 2.05) is 0 Å². The number of carboxylic acid groups (broad SMARTS) is 1. The van der Waals surface area contributed by atoms with Crippen LogP contribution in [0.4, 0.5) is 13.2 Å². The highest BCUT2D eigenvalue weighted by Gasteiger charge is 2.34. The smallest absolute Gasteiger partial charge is 0.478 e. The van der Waals surface area contributed by atoms with Crippen LogP contribution in [-0.4, -0.2) is 22.4 Å². The van der Waals surface area contributed by atoms with Crippen molar-refractivity contribution in [3.63, 3.8) is 0 Å². The molecule has 106 valence electrons. The standard InChI is InChI=1S/C11H5ClF3NO4/c12-8-5(10(17)18)1-2-6(20-11(13,14)15)7(8)9-16-3-4-19-9/h1-4H,(H,17,18). The maximum Gasteiger partial charge on any atom is 0.573 e. The fourth-order valence-corrected chi connectivity index (χ4v) is 1.80. The number of benzene rings is 1. The summed E-state index contributed by atoms with van der Waals surface area (Å²) in [5, 5.41) is 8.46. The van der Waals surface area contributed by atoms with E-state index in [-0.39, 0.29) is 11.5 Å². The second-order valence-electron chi connectivity index (χ2n) is 3.49. The number of hydrogen-bond acceptors (Lipinski definition) is 4. The first-order valence-corrected chi connectivity index (χ1v) is 5.39. The van der Waals surface area contributed by atoms with Crippen molar-refractivity contribution in [2.24, 2.45) is 0 Å². The monoisotopic (exact) mass is 307 g/mol. The number of alkyl halides is 3. The molecule has 5 nitrogen and oxygen atoms in total. The van der Waals surface area contributed by atoms with Gasteiger partial charge in [0.25, 0.3) is 0 Å². The number of aromatic nitrogens is 1. The van der Waals surface area contributed by atoms with E-state index in [0.29, 0.717) is 0 Å². The predicted octanol–water partition coefficient (Wildman–Crippen LogP) is 3.59. The molecule has 0 aliphatic heterocycles. The summed E-state index contributed by atoms with van der Waals surface area (Å²) in [6, 6.07) is 1.74. The Kier molecular flexibility index (Phi) is 3.58. The minimum Gasteiger partial charge on any atom is -0.478 e. The van der Waals surface area contributed by atoms with Gasteiger partial charge in [-0.15, -0.1) is 13.2 Å². The molecule has 1 aromatic heterocycles. The number of rotatable bonds is 3. The zero-order valence-corrected chi connectivity index (χ0v) is 10.2. The fourth-order valence-electron chi connectivity index (χ4n) is 1.48. The van der Waals surface area contributed by atoms with Crippen LogP contribution in [0.3, 0.4) is 0 Å².